The average Bonchev–Trinajstić information content (AvgIpc) is 3.56. The van der Waals surface area contributed by atoms with Gasteiger partial charge in [-0.2, -0.15) is 0 Å². The molecule has 0 saturated carbocycles. The molecular weight excluding hydrogens is 536 g/mol. The van der Waals surface area contributed by atoms with Gasteiger partial charge in [0.15, 0.2) is 0 Å². The number of likely N-dealkylation sites (tertiary alicyclic amines) is 1. The van der Waals surface area contributed by atoms with E-state index in [0.717, 1.165) is 12.8 Å². The maximum absolute atomic E-state index is 14.7. The van der Waals surface area contributed by atoms with Crippen LogP contribution in [0, 0.1) is 17.8 Å². The van der Waals surface area contributed by atoms with Gasteiger partial charge in [-0.25, -0.2) is 0 Å². The van der Waals surface area contributed by atoms with Crippen LogP contribution in [0.2, 0.25) is 0 Å². The zero-order valence-electron chi connectivity index (χ0n) is 25.4. The number of hydrogen-bond acceptors (Lipinski definition) is 7. The number of carbonyl (C=O) groups is 3. The molecule has 1 aromatic carbocycles. The van der Waals surface area contributed by atoms with Gasteiger partial charge in [0.2, 0.25) is 5.91 Å². The van der Waals surface area contributed by atoms with E-state index in [1.54, 1.807) is 42.4 Å². The van der Waals surface area contributed by atoms with Crippen molar-refractivity contribution in [3.8, 4) is 5.75 Å². The predicted molar refractivity (Wildman–Crippen MR) is 160 cm³/mol. The molecule has 1 aromatic rings. The number of methoxy groups -OCH3 is 1. The van der Waals surface area contributed by atoms with E-state index in [1.165, 1.54) is 4.90 Å². The van der Waals surface area contributed by atoms with Crippen LogP contribution >= 0.6 is 0 Å². The molecule has 42 heavy (non-hydrogen) atoms. The van der Waals surface area contributed by atoms with Crippen molar-refractivity contribution in [2.24, 2.45) is 17.8 Å². The van der Waals surface area contributed by atoms with E-state index in [0.29, 0.717) is 37.1 Å². The standard InChI is InChI=1S/C33H46N2O7/c1-7-10-11-12-20-41-31(39)27-26-29(37)35(25(21-36)22(4)9-3)28(33(26)18-17-32(27,5)42-33)30(38)34(19-8-2)23-13-15-24(40-6)16-14-23/h7-8,13-16,22,25-28,36H,1-2,9-12,17-21H2,3-6H3/t22-,25-,26-,27+,28?,32-,33?/m0/s1. The Labute approximate surface area is 249 Å². The molecule has 230 valence electrons. The van der Waals surface area contributed by atoms with Crippen LogP contribution in [0.3, 0.4) is 0 Å². The minimum atomic E-state index is -1.22. The van der Waals surface area contributed by atoms with Crippen LogP contribution in [0.15, 0.2) is 49.6 Å². The molecular formula is C33H46N2O7. The fraction of sp³-hybridized carbons (Fsp3) is 0.606. The quantitative estimate of drug-likeness (QED) is 0.187. The normalized spacial score (nSPS) is 29.1. The van der Waals surface area contributed by atoms with Crippen LogP contribution in [0.5, 0.6) is 5.75 Å². The summed E-state index contributed by atoms with van der Waals surface area (Å²) in [7, 11) is 1.57. The van der Waals surface area contributed by atoms with Gasteiger partial charge in [-0.3, -0.25) is 14.4 Å². The minimum Gasteiger partial charge on any atom is -0.497 e. The molecule has 3 saturated heterocycles. The van der Waals surface area contributed by atoms with Crippen molar-refractivity contribution < 1.29 is 33.7 Å². The predicted octanol–water partition coefficient (Wildman–Crippen LogP) is 4.29. The molecule has 0 radical (unpaired) electrons. The lowest BCUT2D eigenvalue weighted by molar-refractivity contribution is -0.161. The largest absolute Gasteiger partial charge is 0.497 e. The van der Waals surface area contributed by atoms with E-state index in [4.69, 9.17) is 14.2 Å². The molecule has 1 N–H and O–H groups in total. The maximum atomic E-state index is 14.7. The van der Waals surface area contributed by atoms with E-state index in [-0.39, 0.29) is 37.5 Å². The van der Waals surface area contributed by atoms with Crippen LogP contribution < -0.4 is 9.64 Å². The molecule has 3 aliphatic rings. The number of esters is 1. The lowest BCUT2D eigenvalue weighted by atomic mass is 9.66. The van der Waals surface area contributed by atoms with Crippen molar-refractivity contribution in [1.82, 2.24) is 4.90 Å². The first-order valence-corrected chi connectivity index (χ1v) is 15.1. The Morgan fingerprint density at radius 3 is 2.52 bits per heavy atom. The SMILES string of the molecule is C=CCCCCOC(=O)[C@H]1[C@H]2C(=O)N([C@@H](CO)[C@@H](C)CC)C(C(=O)N(CC=C)c3ccc(OC)cc3)C23CC[C@]1(C)O3. The molecule has 1 spiro atoms. The minimum absolute atomic E-state index is 0.0960. The van der Waals surface area contributed by atoms with Gasteiger partial charge in [-0.1, -0.05) is 32.4 Å². The number of anilines is 1. The number of unbranched alkanes of at least 4 members (excludes halogenated alkanes) is 2. The Morgan fingerprint density at radius 2 is 1.93 bits per heavy atom. The van der Waals surface area contributed by atoms with E-state index in [2.05, 4.69) is 13.2 Å². The summed E-state index contributed by atoms with van der Waals surface area (Å²) in [6, 6.07) is 5.46. The van der Waals surface area contributed by atoms with Crippen molar-refractivity contribution >= 4 is 23.5 Å². The number of benzene rings is 1. The van der Waals surface area contributed by atoms with E-state index in [1.807, 2.05) is 26.8 Å². The first-order chi connectivity index (χ1) is 20.1. The number of fused-ring (bicyclic) bond motifs is 1. The Balaban J connectivity index is 1.76. The second-order valence-electron chi connectivity index (χ2n) is 12.0. The second-order valence-corrected chi connectivity index (χ2v) is 12.0. The van der Waals surface area contributed by atoms with Gasteiger partial charge in [0.1, 0.15) is 23.3 Å². The molecule has 3 heterocycles. The summed E-state index contributed by atoms with van der Waals surface area (Å²) in [5.41, 5.74) is -1.54. The number of rotatable bonds is 15. The van der Waals surface area contributed by atoms with E-state index < -0.39 is 41.1 Å². The maximum Gasteiger partial charge on any atom is 0.312 e. The molecule has 9 nitrogen and oxygen atoms in total. The zero-order valence-corrected chi connectivity index (χ0v) is 25.4. The lowest BCUT2D eigenvalue weighted by Gasteiger charge is -2.41. The van der Waals surface area contributed by atoms with Crippen molar-refractivity contribution in [3.63, 3.8) is 0 Å². The number of ether oxygens (including phenoxy) is 3. The number of amides is 2. The van der Waals surface area contributed by atoms with Crippen LogP contribution in [-0.2, 0) is 23.9 Å². The number of allylic oxidation sites excluding steroid dienone is 1. The van der Waals surface area contributed by atoms with Gasteiger partial charge in [0, 0.05) is 12.2 Å². The Hall–Kier alpha value is -3.17. The smallest absolute Gasteiger partial charge is 0.312 e. The van der Waals surface area contributed by atoms with Gasteiger partial charge in [-0.15, -0.1) is 13.2 Å². The number of aliphatic hydroxyl groups excluding tert-OH is 1. The Kier molecular flexibility index (Phi) is 9.83. The van der Waals surface area contributed by atoms with Gasteiger partial charge in [0.25, 0.3) is 5.91 Å². The number of aliphatic hydroxyl groups is 1. The molecule has 2 unspecified atom stereocenters. The fourth-order valence-corrected chi connectivity index (χ4v) is 7.19. The summed E-state index contributed by atoms with van der Waals surface area (Å²) < 4.78 is 17.8. The van der Waals surface area contributed by atoms with Gasteiger partial charge >= 0.3 is 5.97 Å². The number of carbonyl (C=O) groups excluding carboxylic acids is 3. The summed E-state index contributed by atoms with van der Waals surface area (Å²) in [5.74, 6) is -2.31. The number of nitrogens with zero attached hydrogens (tertiary/aromatic N) is 2. The van der Waals surface area contributed by atoms with E-state index in [9.17, 15) is 19.5 Å². The molecule has 0 aromatic heterocycles. The van der Waals surface area contributed by atoms with Crippen LogP contribution in [0.1, 0.15) is 59.3 Å². The summed E-state index contributed by atoms with van der Waals surface area (Å²) in [5, 5.41) is 10.6. The first-order valence-electron chi connectivity index (χ1n) is 15.1. The molecule has 7 atom stereocenters. The third kappa shape index (κ3) is 5.37. The molecule has 2 amide bonds. The monoisotopic (exact) mass is 582 g/mol. The molecule has 2 bridgehead atoms. The molecule has 4 rings (SSSR count). The Bertz CT molecular complexity index is 1170. The van der Waals surface area contributed by atoms with Gasteiger partial charge < -0.3 is 29.1 Å². The van der Waals surface area contributed by atoms with E-state index >= 15 is 0 Å². The lowest BCUT2D eigenvalue weighted by Crippen LogP contribution is -2.60. The van der Waals surface area contributed by atoms with Crippen LogP contribution in [0.25, 0.3) is 0 Å². The van der Waals surface area contributed by atoms with Crippen LogP contribution in [0.4, 0.5) is 5.69 Å². The third-order valence-electron chi connectivity index (χ3n) is 9.56. The van der Waals surface area contributed by atoms with Crippen molar-refractivity contribution in [2.45, 2.75) is 82.6 Å². The zero-order chi connectivity index (χ0) is 30.7. The molecule has 3 aliphatic heterocycles. The topological polar surface area (TPSA) is 106 Å². The fourth-order valence-electron chi connectivity index (χ4n) is 7.19. The number of hydrogen-bond donors (Lipinski definition) is 1. The second kappa shape index (κ2) is 13.0. The van der Waals surface area contributed by atoms with Crippen molar-refractivity contribution in [1.29, 1.82) is 0 Å². The third-order valence-corrected chi connectivity index (χ3v) is 9.56. The Morgan fingerprint density at radius 1 is 1.21 bits per heavy atom. The highest BCUT2D eigenvalue weighted by Gasteiger charge is 2.79. The molecule has 0 aliphatic carbocycles. The van der Waals surface area contributed by atoms with Crippen molar-refractivity contribution in [3.05, 3.63) is 49.6 Å². The van der Waals surface area contributed by atoms with Gasteiger partial charge in [0.05, 0.1) is 37.9 Å². The highest BCUT2D eigenvalue weighted by molar-refractivity contribution is 6.05. The highest BCUT2D eigenvalue weighted by atomic mass is 16.6. The molecule has 3 fully saturated rings. The summed E-state index contributed by atoms with van der Waals surface area (Å²) in [6.45, 7) is 13.5. The average molecular weight is 583 g/mol. The van der Waals surface area contributed by atoms with Crippen LogP contribution in [-0.4, -0.2) is 77.9 Å². The summed E-state index contributed by atoms with van der Waals surface area (Å²) >= 11 is 0. The first kappa shape index (κ1) is 31.8. The summed E-state index contributed by atoms with van der Waals surface area (Å²) in [4.78, 5) is 46.0. The van der Waals surface area contributed by atoms with Gasteiger partial charge in [-0.05, 0) is 69.2 Å². The van der Waals surface area contributed by atoms with Crippen molar-refractivity contribution in [2.75, 3.05) is 31.8 Å². The molecule has 9 heteroatoms. The summed E-state index contributed by atoms with van der Waals surface area (Å²) in [6.07, 6.45) is 7.49. The highest BCUT2D eigenvalue weighted by Crippen LogP contribution is 2.64.